The molecular weight excluding hydrogens is 398 g/mol. The number of hydrogen-bond donors (Lipinski definition) is 1. The Morgan fingerprint density at radius 3 is 2.37 bits per heavy atom. The van der Waals surface area contributed by atoms with Crippen molar-refractivity contribution in [3.05, 3.63) is 47.4 Å². The lowest BCUT2D eigenvalue weighted by Crippen LogP contribution is -2.39. The maximum atomic E-state index is 12.7. The number of nitrogens with zero attached hydrogens (tertiary/aromatic N) is 2. The van der Waals surface area contributed by atoms with Gasteiger partial charge in [0.25, 0.3) is 0 Å². The molecule has 2 bridgehead atoms. The van der Waals surface area contributed by atoms with Crippen LogP contribution in [0.3, 0.4) is 0 Å². The summed E-state index contributed by atoms with van der Waals surface area (Å²) in [6.07, 6.45) is 4.98. The van der Waals surface area contributed by atoms with E-state index in [0.29, 0.717) is 11.0 Å². The number of carbonyl (C=O) groups is 3. The van der Waals surface area contributed by atoms with Crippen LogP contribution in [-0.4, -0.2) is 34.2 Å². The molecule has 1 saturated carbocycles. The van der Waals surface area contributed by atoms with Crippen LogP contribution in [0.2, 0.25) is 0 Å². The van der Waals surface area contributed by atoms with E-state index in [4.69, 9.17) is 0 Å². The van der Waals surface area contributed by atoms with Crippen molar-refractivity contribution in [2.24, 2.45) is 23.7 Å². The van der Waals surface area contributed by atoms with Gasteiger partial charge < -0.3 is 5.32 Å². The van der Waals surface area contributed by atoms with Gasteiger partial charge in [-0.1, -0.05) is 50.3 Å². The molecule has 2 fully saturated rings. The maximum absolute atomic E-state index is 12.7. The van der Waals surface area contributed by atoms with Crippen molar-refractivity contribution in [3.63, 3.8) is 0 Å². The summed E-state index contributed by atoms with van der Waals surface area (Å²) in [5.74, 6) is -0.606. The van der Waals surface area contributed by atoms with Gasteiger partial charge in [-0.25, -0.2) is 4.98 Å². The summed E-state index contributed by atoms with van der Waals surface area (Å²) in [5, 5.41) is 5.09. The summed E-state index contributed by atoms with van der Waals surface area (Å²) in [6.45, 7) is 4.05. The van der Waals surface area contributed by atoms with Crippen molar-refractivity contribution in [1.82, 2.24) is 9.88 Å². The zero-order valence-corrected chi connectivity index (χ0v) is 17.7. The van der Waals surface area contributed by atoms with Gasteiger partial charge in [-0.05, 0) is 29.7 Å². The lowest BCUT2D eigenvalue weighted by Gasteiger charge is -2.16. The van der Waals surface area contributed by atoms with Gasteiger partial charge in [-0.15, -0.1) is 11.3 Å². The lowest BCUT2D eigenvalue weighted by molar-refractivity contribution is -0.143. The van der Waals surface area contributed by atoms with Crippen LogP contribution in [0.4, 0.5) is 5.13 Å². The highest BCUT2D eigenvalue weighted by atomic mass is 32.1. The molecule has 2 aliphatic carbocycles. The number of likely N-dealkylation sites (tertiary alicyclic amines) is 1. The van der Waals surface area contributed by atoms with Gasteiger partial charge in [0.1, 0.15) is 6.54 Å². The molecule has 4 atom stereocenters. The number of allylic oxidation sites excluding steroid dienone is 2. The molecule has 3 amide bonds. The van der Waals surface area contributed by atoms with E-state index in [2.05, 4.69) is 36.3 Å². The first-order valence-corrected chi connectivity index (χ1v) is 11.2. The molecule has 2 aromatic rings. The minimum atomic E-state index is -0.395. The standard InChI is InChI=1S/C23H23N3O3S/c1-12(2)13-3-5-14(6-4-13)17-11-30-23(24-17)25-18(27)10-26-21(28)19-15-7-8-16(9-15)20(19)22(26)29/h3-8,11-12,15-16,19-20H,9-10H2,1-2H3,(H,24,25,27). The number of nitrogens with one attached hydrogen (secondary N) is 1. The number of benzene rings is 1. The van der Waals surface area contributed by atoms with E-state index in [1.165, 1.54) is 16.9 Å². The fourth-order valence-electron chi connectivity index (χ4n) is 4.92. The van der Waals surface area contributed by atoms with Crippen LogP contribution in [0, 0.1) is 23.7 Å². The first kappa shape index (κ1) is 19.2. The normalized spacial score (nSPS) is 26.7. The van der Waals surface area contributed by atoms with Crippen molar-refractivity contribution in [2.75, 3.05) is 11.9 Å². The number of thiazole rings is 1. The molecule has 4 unspecified atom stereocenters. The largest absolute Gasteiger partial charge is 0.300 e. The summed E-state index contributed by atoms with van der Waals surface area (Å²) >= 11 is 1.33. The summed E-state index contributed by atoms with van der Waals surface area (Å²) in [4.78, 5) is 43.6. The Kier molecular flexibility index (Phi) is 4.58. The summed E-state index contributed by atoms with van der Waals surface area (Å²) in [7, 11) is 0. The molecule has 7 heteroatoms. The van der Waals surface area contributed by atoms with Crippen LogP contribution in [0.5, 0.6) is 0 Å². The number of amides is 3. The highest BCUT2D eigenvalue weighted by Gasteiger charge is 2.59. The first-order valence-electron chi connectivity index (χ1n) is 10.3. The van der Waals surface area contributed by atoms with Crippen molar-refractivity contribution in [1.29, 1.82) is 0 Å². The van der Waals surface area contributed by atoms with Gasteiger partial charge in [-0.3, -0.25) is 19.3 Å². The lowest BCUT2D eigenvalue weighted by atomic mass is 9.85. The minimum absolute atomic E-state index is 0.146. The predicted octanol–water partition coefficient (Wildman–Crippen LogP) is 3.68. The summed E-state index contributed by atoms with van der Waals surface area (Å²) < 4.78 is 0. The molecule has 6 nitrogen and oxygen atoms in total. The third-order valence-electron chi connectivity index (χ3n) is 6.49. The smallest absolute Gasteiger partial charge is 0.246 e. The Morgan fingerprint density at radius 1 is 1.13 bits per heavy atom. The molecule has 2 heterocycles. The molecule has 1 aromatic heterocycles. The van der Waals surface area contributed by atoms with Crippen LogP contribution in [0.15, 0.2) is 41.8 Å². The fraction of sp³-hybridized carbons (Fsp3) is 0.391. The van der Waals surface area contributed by atoms with E-state index in [0.717, 1.165) is 22.6 Å². The van der Waals surface area contributed by atoms with Crippen LogP contribution in [-0.2, 0) is 14.4 Å². The topological polar surface area (TPSA) is 79.4 Å². The molecule has 0 radical (unpaired) electrons. The zero-order valence-electron chi connectivity index (χ0n) is 16.9. The van der Waals surface area contributed by atoms with Crippen LogP contribution < -0.4 is 5.32 Å². The Bertz CT molecular complexity index is 1030. The Morgan fingerprint density at radius 2 is 1.77 bits per heavy atom. The van der Waals surface area contributed by atoms with Crippen molar-refractivity contribution >= 4 is 34.2 Å². The second kappa shape index (κ2) is 7.16. The minimum Gasteiger partial charge on any atom is -0.300 e. The zero-order chi connectivity index (χ0) is 21.0. The summed E-state index contributed by atoms with van der Waals surface area (Å²) in [6, 6.07) is 8.22. The highest BCUT2D eigenvalue weighted by Crippen LogP contribution is 2.52. The molecule has 154 valence electrons. The van der Waals surface area contributed by atoms with E-state index < -0.39 is 5.91 Å². The average molecular weight is 422 g/mol. The third kappa shape index (κ3) is 3.08. The number of rotatable bonds is 5. The van der Waals surface area contributed by atoms with Gasteiger partial charge in [0.2, 0.25) is 17.7 Å². The van der Waals surface area contributed by atoms with Crippen molar-refractivity contribution in [2.45, 2.75) is 26.2 Å². The molecule has 1 saturated heterocycles. The molecule has 0 spiro atoms. The summed E-state index contributed by atoms with van der Waals surface area (Å²) in [5.41, 5.74) is 3.03. The molecule has 1 aromatic carbocycles. The van der Waals surface area contributed by atoms with Crippen molar-refractivity contribution < 1.29 is 14.4 Å². The van der Waals surface area contributed by atoms with E-state index in [1.807, 2.05) is 29.7 Å². The number of imide groups is 1. The van der Waals surface area contributed by atoms with E-state index >= 15 is 0 Å². The fourth-order valence-corrected chi connectivity index (χ4v) is 5.66. The second-order valence-corrected chi connectivity index (χ2v) is 9.48. The van der Waals surface area contributed by atoms with Crippen molar-refractivity contribution in [3.8, 4) is 11.3 Å². The Labute approximate surface area is 179 Å². The highest BCUT2D eigenvalue weighted by molar-refractivity contribution is 7.14. The predicted molar refractivity (Wildman–Crippen MR) is 115 cm³/mol. The third-order valence-corrected chi connectivity index (χ3v) is 7.24. The second-order valence-electron chi connectivity index (χ2n) is 8.63. The average Bonchev–Trinajstić information content (AvgIpc) is 3.50. The molecule has 1 aliphatic heterocycles. The SMILES string of the molecule is CC(C)c1ccc(-c2csc(NC(=O)CN3C(=O)C4C5C=CC(C5)C4C3=O)n2)cc1. The van der Waals surface area contributed by atoms with Crippen LogP contribution in [0.1, 0.15) is 31.7 Å². The Balaban J connectivity index is 1.24. The number of anilines is 1. The van der Waals surface area contributed by atoms with E-state index in [9.17, 15) is 14.4 Å². The molecular formula is C23H23N3O3S. The first-order chi connectivity index (χ1) is 14.4. The maximum Gasteiger partial charge on any atom is 0.246 e. The number of fused-ring (bicyclic) bond motifs is 5. The van der Waals surface area contributed by atoms with E-state index in [1.54, 1.807) is 0 Å². The molecule has 1 N–H and O–H groups in total. The Hall–Kier alpha value is -2.80. The van der Waals surface area contributed by atoms with Gasteiger partial charge in [0.15, 0.2) is 5.13 Å². The van der Waals surface area contributed by atoms with Gasteiger partial charge >= 0.3 is 0 Å². The van der Waals surface area contributed by atoms with Crippen LogP contribution in [0.25, 0.3) is 11.3 Å². The molecule has 30 heavy (non-hydrogen) atoms. The molecule has 5 rings (SSSR count). The number of carbonyl (C=O) groups excluding carboxylic acids is 3. The van der Waals surface area contributed by atoms with Gasteiger partial charge in [-0.2, -0.15) is 0 Å². The van der Waals surface area contributed by atoms with Crippen LogP contribution >= 0.6 is 11.3 Å². The van der Waals surface area contributed by atoms with E-state index in [-0.39, 0.29) is 42.0 Å². The monoisotopic (exact) mass is 421 g/mol. The number of hydrogen-bond acceptors (Lipinski definition) is 5. The quantitative estimate of drug-likeness (QED) is 0.590. The van der Waals surface area contributed by atoms with Gasteiger partial charge in [0.05, 0.1) is 17.5 Å². The molecule has 3 aliphatic rings. The van der Waals surface area contributed by atoms with Gasteiger partial charge in [0, 0.05) is 10.9 Å². The number of aromatic nitrogens is 1.